The number of thiazole rings is 1. The number of aromatic amines is 1. The van der Waals surface area contributed by atoms with E-state index in [4.69, 9.17) is 4.98 Å². The second kappa shape index (κ2) is 8.89. The fourth-order valence-corrected chi connectivity index (χ4v) is 4.77. The number of rotatable bonds is 6. The highest BCUT2D eigenvalue weighted by atomic mass is 32.1. The molecule has 3 heterocycles. The zero-order chi connectivity index (χ0) is 22.1. The molecule has 8 heteroatoms. The van der Waals surface area contributed by atoms with E-state index in [1.54, 1.807) is 18.3 Å². The van der Waals surface area contributed by atoms with Crippen LogP contribution in [0.3, 0.4) is 0 Å². The van der Waals surface area contributed by atoms with Crippen LogP contribution in [-0.4, -0.2) is 53.9 Å². The summed E-state index contributed by atoms with van der Waals surface area (Å²) in [4.78, 5) is 35.3. The smallest absolute Gasteiger partial charge is 0.244 e. The number of carbonyl (C=O) groups is 2. The van der Waals surface area contributed by atoms with Gasteiger partial charge >= 0.3 is 0 Å². The zero-order valence-electron chi connectivity index (χ0n) is 18.8. The van der Waals surface area contributed by atoms with Crippen LogP contribution in [0.15, 0.2) is 5.38 Å². The highest BCUT2D eigenvalue weighted by Crippen LogP contribution is 2.33. The van der Waals surface area contributed by atoms with Gasteiger partial charge in [-0.25, -0.2) is 4.98 Å². The summed E-state index contributed by atoms with van der Waals surface area (Å²) in [5, 5.41) is 9.25. The number of nitrogens with one attached hydrogen (secondary N) is 3. The number of hydrogen-bond acceptors (Lipinski definition) is 6. The molecule has 0 bridgehead atoms. The lowest BCUT2D eigenvalue weighted by Crippen LogP contribution is -2.58. The third kappa shape index (κ3) is 4.75. The van der Waals surface area contributed by atoms with Gasteiger partial charge in [0.1, 0.15) is 11.7 Å². The van der Waals surface area contributed by atoms with Gasteiger partial charge in [0, 0.05) is 42.8 Å². The van der Waals surface area contributed by atoms with Gasteiger partial charge in [0.05, 0.1) is 5.69 Å². The second-order valence-electron chi connectivity index (χ2n) is 9.10. The highest BCUT2D eigenvalue weighted by molar-refractivity contribution is 7.14. The van der Waals surface area contributed by atoms with E-state index in [1.165, 1.54) is 0 Å². The molecule has 3 rings (SSSR count). The zero-order valence-corrected chi connectivity index (χ0v) is 19.6. The molecule has 2 aromatic heterocycles. The Morgan fingerprint density at radius 1 is 1.37 bits per heavy atom. The molecule has 1 saturated heterocycles. The van der Waals surface area contributed by atoms with Crippen molar-refractivity contribution in [3.05, 3.63) is 22.2 Å². The van der Waals surface area contributed by atoms with Crippen LogP contribution in [0.1, 0.15) is 56.2 Å². The molecule has 3 N–H and O–H groups in total. The van der Waals surface area contributed by atoms with E-state index >= 15 is 0 Å². The van der Waals surface area contributed by atoms with E-state index < -0.39 is 0 Å². The van der Waals surface area contributed by atoms with E-state index in [0.717, 1.165) is 52.9 Å². The van der Waals surface area contributed by atoms with E-state index in [2.05, 4.69) is 48.2 Å². The minimum absolute atomic E-state index is 0.0257. The third-order valence-electron chi connectivity index (χ3n) is 5.33. The van der Waals surface area contributed by atoms with Gasteiger partial charge in [-0.1, -0.05) is 27.7 Å². The SMILES string of the molecule is CCc1c(-c2csc(N3CCNCC3C(=O)NCC(C)(C)C)n2)[nH]c(C)c1C(C)=O. The number of hydrogen-bond donors (Lipinski definition) is 3. The number of nitrogens with zero attached hydrogens (tertiary/aromatic N) is 2. The molecular formula is C22H33N5O2S. The normalized spacial score (nSPS) is 17.3. The lowest BCUT2D eigenvalue weighted by atomic mass is 9.97. The molecule has 1 aliphatic heterocycles. The molecule has 1 unspecified atom stereocenters. The average Bonchev–Trinajstić information content (AvgIpc) is 3.29. The monoisotopic (exact) mass is 431 g/mol. The molecule has 0 saturated carbocycles. The average molecular weight is 432 g/mol. The van der Waals surface area contributed by atoms with Gasteiger partial charge in [-0.05, 0) is 31.2 Å². The lowest BCUT2D eigenvalue weighted by molar-refractivity contribution is -0.123. The van der Waals surface area contributed by atoms with E-state index in [9.17, 15) is 9.59 Å². The number of carbonyl (C=O) groups excluding carboxylic acids is 2. The predicted octanol–water partition coefficient (Wildman–Crippen LogP) is 3.15. The molecular weight excluding hydrogens is 398 g/mol. The van der Waals surface area contributed by atoms with Crippen molar-refractivity contribution in [3.63, 3.8) is 0 Å². The maximum Gasteiger partial charge on any atom is 0.244 e. The number of aryl methyl sites for hydroxylation is 1. The van der Waals surface area contributed by atoms with Crippen molar-refractivity contribution in [2.24, 2.45) is 5.41 Å². The minimum Gasteiger partial charge on any atom is -0.356 e. The van der Waals surface area contributed by atoms with Crippen LogP contribution < -0.4 is 15.5 Å². The Morgan fingerprint density at radius 3 is 2.73 bits per heavy atom. The van der Waals surface area contributed by atoms with Crippen molar-refractivity contribution in [1.29, 1.82) is 0 Å². The molecule has 1 amide bonds. The summed E-state index contributed by atoms with van der Waals surface area (Å²) in [6.45, 7) is 14.7. The number of piperazine rings is 1. The van der Waals surface area contributed by atoms with E-state index in [-0.39, 0.29) is 23.1 Å². The first-order valence-electron chi connectivity index (χ1n) is 10.6. The first-order valence-corrected chi connectivity index (χ1v) is 11.4. The molecule has 2 aromatic rings. The number of aromatic nitrogens is 2. The second-order valence-corrected chi connectivity index (χ2v) is 9.93. The number of amides is 1. The Labute approximate surface area is 182 Å². The molecule has 1 atom stereocenters. The molecule has 0 radical (unpaired) electrons. The van der Waals surface area contributed by atoms with Crippen molar-refractivity contribution < 1.29 is 9.59 Å². The van der Waals surface area contributed by atoms with Crippen molar-refractivity contribution in [2.75, 3.05) is 31.1 Å². The van der Waals surface area contributed by atoms with Crippen LogP contribution in [-0.2, 0) is 11.2 Å². The van der Waals surface area contributed by atoms with Crippen LogP contribution in [0.4, 0.5) is 5.13 Å². The van der Waals surface area contributed by atoms with Crippen LogP contribution in [0.5, 0.6) is 0 Å². The van der Waals surface area contributed by atoms with Crippen molar-refractivity contribution in [3.8, 4) is 11.4 Å². The Kier molecular flexibility index (Phi) is 6.67. The summed E-state index contributed by atoms with van der Waals surface area (Å²) in [5.41, 5.74) is 4.43. The van der Waals surface area contributed by atoms with Crippen LogP contribution in [0.25, 0.3) is 11.4 Å². The predicted molar refractivity (Wildman–Crippen MR) is 122 cm³/mol. The number of Topliss-reactive ketones (excluding diaryl/α,β-unsaturated/α-hetero) is 1. The number of ketones is 1. The topological polar surface area (TPSA) is 90.1 Å². The lowest BCUT2D eigenvalue weighted by Gasteiger charge is -2.35. The van der Waals surface area contributed by atoms with Gasteiger partial charge in [0.25, 0.3) is 0 Å². The molecule has 0 aliphatic carbocycles. The summed E-state index contributed by atoms with van der Waals surface area (Å²) in [6, 6.07) is -0.288. The van der Waals surface area contributed by atoms with Gasteiger partial charge in [-0.2, -0.15) is 0 Å². The standard InChI is InChI=1S/C22H33N5O2S/c1-7-15-18(14(3)28)13(2)25-19(15)16-11-30-21(26-16)27-9-8-23-10-17(27)20(29)24-12-22(4,5)6/h11,17,23,25H,7-10,12H2,1-6H3,(H,24,29). The van der Waals surface area contributed by atoms with Crippen LogP contribution >= 0.6 is 11.3 Å². The van der Waals surface area contributed by atoms with Crippen molar-refractivity contribution >= 4 is 28.2 Å². The van der Waals surface area contributed by atoms with Gasteiger partial charge in [-0.3, -0.25) is 9.59 Å². The quantitative estimate of drug-likeness (QED) is 0.612. The van der Waals surface area contributed by atoms with Gasteiger partial charge in [-0.15, -0.1) is 11.3 Å². The first kappa shape index (κ1) is 22.5. The summed E-state index contributed by atoms with van der Waals surface area (Å²) >= 11 is 1.54. The summed E-state index contributed by atoms with van der Waals surface area (Å²) in [5.74, 6) is 0.0951. The van der Waals surface area contributed by atoms with Crippen molar-refractivity contribution in [1.82, 2.24) is 20.6 Å². The Bertz CT molecular complexity index is 925. The molecule has 0 aromatic carbocycles. The third-order valence-corrected chi connectivity index (χ3v) is 6.21. The van der Waals surface area contributed by atoms with E-state index in [0.29, 0.717) is 13.1 Å². The van der Waals surface area contributed by atoms with Gasteiger partial charge in [0.2, 0.25) is 5.91 Å². The minimum atomic E-state index is -0.288. The fraction of sp³-hybridized carbons (Fsp3) is 0.591. The molecule has 30 heavy (non-hydrogen) atoms. The Morgan fingerprint density at radius 2 is 2.10 bits per heavy atom. The fourth-order valence-electron chi connectivity index (χ4n) is 3.87. The molecule has 0 spiro atoms. The van der Waals surface area contributed by atoms with Gasteiger partial charge in [0.15, 0.2) is 10.9 Å². The molecule has 1 fully saturated rings. The highest BCUT2D eigenvalue weighted by Gasteiger charge is 2.31. The van der Waals surface area contributed by atoms with Crippen molar-refractivity contribution in [2.45, 2.75) is 54.0 Å². The largest absolute Gasteiger partial charge is 0.356 e. The Balaban J connectivity index is 1.86. The molecule has 164 valence electrons. The summed E-state index contributed by atoms with van der Waals surface area (Å²) < 4.78 is 0. The summed E-state index contributed by atoms with van der Waals surface area (Å²) in [6.07, 6.45) is 0.757. The van der Waals surface area contributed by atoms with Crippen LogP contribution in [0.2, 0.25) is 0 Å². The Hall–Kier alpha value is -2.19. The molecule has 1 aliphatic rings. The summed E-state index contributed by atoms with van der Waals surface area (Å²) in [7, 11) is 0. The first-order chi connectivity index (χ1) is 14.1. The molecule has 7 nitrogen and oxygen atoms in total. The van der Waals surface area contributed by atoms with Gasteiger partial charge < -0.3 is 20.5 Å². The number of anilines is 1. The van der Waals surface area contributed by atoms with Crippen LogP contribution in [0, 0.1) is 12.3 Å². The maximum atomic E-state index is 12.9. The maximum absolute atomic E-state index is 12.9. The van der Waals surface area contributed by atoms with E-state index in [1.807, 2.05) is 12.3 Å². The number of H-pyrrole nitrogens is 1.